The Morgan fingerprint density at radius 3 is 2.62 bits per heavy atom. The lowest BCUT2D eigenvalue weighted by atomic mass is 10.1. The number of carbonyl (C=O) groups is 2. The van der Waals surface area contributed by atoms with Crippen molar-refractivity contribution in [2.75, 3.05) is 19.6 Å². The van der Waals surface area contributed by atoms with E-state index in [1.165, 1.54) is 5.56 Å². The van der Waals surface area contributed by atoms with Gasteiger partial charge in [0.1, 0.15) is 12.4 Å². The third-order valence-corrected chi connectivity index (χ3v) is 4.44. The van der Waals surface area contributed by atoms with Gasteiger partial charge < -0.3 is 15.0 Å². The van der Waals surface area contributed by atoms with E-state index in [2.05, 4.69) is 11.4 Å². The topological polar surface area (TPSA) is 58.6 Å². The first-order chi connectivity index (χ1) is 12.6. The average molecular weight is 352 g/mol. The van der Waals surface area contributed by atoms with Crippen LogP contribution >= 0.6 is 0 Å². The van der Waals surface area contributed by atoms with Crippen molar-refractivity contribution in [1.29, 1.82) is 0 Å². The molecule has 0 aliphatic carbocycles. The van der Waals surface area contributed by atoms with Crippen LogP contribution in [0.5, 0.6) is 5.75 Å². The lowest BCUT2D eigenvalue weighted by molar-refractivity contribution is -0.129. The highest BCUT2D eigenvalue weighted by atomic mass is 16.5. The molecular formula is C21H24N2O3. The number of ether oxygens (including phenoxy) is 1. The van der Waals surface area contributed by atoms with Gasteiger partial charge in [0.05, 0.1) is 6.54 Å². The lowest BCUT2D eigenvalue weighted by Gasteiger charge is -2.15. The summed E-state index contributed by atoms with van der Waals surface area (Å²) in [6, 6.07) is 15.1. The summed E-state index contributed by atoms with van der Waals surface area (Å²) in [5, 5.41) is 2.70. The minimum absolute atomic E-state index is 0.0253. The monoisotopic (exact) mass is 352 g/mol. The lowest BCUT2D eigenvalue weighted by Crippen LogP contribution is -2.38. The molecule has 0 unspecified atom stereocenters. The van der Waals surface area contributed by atoms with E-state index in [-0.39, 0.29) is 18.4 Å². The predicted octanol–water partition coefficient (Wildman–Crippen LogP) is 2.93. The fraction of sp³-hybridized carbons (Fsp3) is 0.333. The molecule has 1 fully saturated rings. The average Bonchev–Trinajstić information content (AvgIpc) is 3.19. The van der Waals surface area contributed by atoms with Crippen LogP contribution in [0, 0.1) is 6.92 Å². The Hall–Kier alpha value is -2.82. The molecule has 0 radical (unpaired) electrons. The molecule has 0 aromatic heterocycles. The van der Waals surface area contributed by atoms with Crippen molar-refractivity contribution >= 4 is 11.8 Å². The van der Waals surface area contributed by atoms with Crippen molar-refractivity contribution in [3.05, 3.63) is 65.2 Å². The third kappa shape index (κ3) is 4.85. The Balaban J connectivity index is 1.54. The molecule has 0 saturated carbocycles. The van der Waals surface area contributed by atoms with Gasteiger partial charge in [-0.05, 0) is 43.5 Å². The van der Waals surface area contributed by atoms with Gasteiger partial charge in [-0.3, -0.25) is 9.59 Å². The van der Waals surface area contributed by atoms with Crippen LogP contribution in [0.2, 0.25) is 0 Å². The fourth-order valence-corrected chi connectivity index (χ4v) is 3.03. The highest BCUT2D eigenvalue weighted by Gasteiger charge is 2.18. The molecule has 1 saturated heterocycles. The van der Waals surface area contributed by atoms with Crippen LogP contribution in [0.4, 0.5) is 0 Å². The zero-order chi connectivity index (χ0) is 18.4. The second-order valence-corrected chi connectivity index (χ2v) is 6.58. The molecule has 0 bridgehead atoms. The maximum Gasteiger partial charge on any atom is 0.251 e. The second kappa shape index (κ2) is 8.52. The summed E-state index contributed by atoms with van der Waals surface area (Å²) in [7, 11) is 0. The van der Waals surface area contributed by atoms with Gasteiger partial charge in [0.2, 0.25) is 5.91 Å². The maximum absolute atomic E-state index is 12.3. The number of rotatable bonds is 6. The van der Waals surface area contributed by atoms with Crippen molar-refractivity contribution < 1.29 is 14.3 Å². The summed E-state index contributed by atoms with van der Waals surface area (Å²) in [6.45, 7) is 4.10. The molecule has 3 rings (SSSR count). The molecule has 2 aromatic carbocycles. The number of benzene rings is 2. The molecule has 26 heavy (non-hydrogen) atoms. The number of hydrogen-bond donors (Lipinski definition) is 1. The Morgan fingerprint density at radius 2 is 1.85 bits per heavy atom. The molecule has 2 amide bonds. The third-order valence-electron chi connectivity index (χ3n) is 4.44. The zero-order valence-corrected chi connectivity index (χ0v) is 15.0. The first kappa shape index (κ1) is 18.0. The summed E-state index contributed by atoms with van der Waals surface area (Å²) in [5.74, 6) is 0.339. The summed E-state index contributed by atoms with van der Waals surface area (Å²) in [4.78, 5) is 26.1. The predicted molar refractivity (Wildman–Crippen MR) is 100 cm³/mol. The summed E-state index contributed by atoms with van der Waals surface area (Å²) < 4.78 is 5.79. The number of nitrogens with one attached hydrogen (secondary N) is 1. The van der Waals surface area contributed by atoms with Crippen molar-refractivity contribution in [3.63, 3.8) is 0 Å². The van der Waals surface area contributed by atoms with Crippen LogP contribution in [-0.2, 0) is 11.4 Å². The SMILES string of the molecule is Cc1cccc(COc2cccc(C(=O)NCC(=O)N3CCCC3)c2)c1. The molecule has 1 aliphatic heterocycles. The molecule has 0 spiro atoms. The van der Waals surface area contributed by atoms with Crippen molar-refractivity contribution in [1.82, 2.24) is 10.2 Å². The van der Waals surface area contributed by atoms with Crippen LogP contribution in [0.25, 0.3) is 0 Å². The number of nitrogens with zero attached hydrogens (tertiary/aromatic N) is 1. The van der Waals surface area contributed by atoms with E-state index in [4.69, 9.17) is 4.74 Å². The number of carbonyl (C=O) groups excluding carboxylic acids is 2. The molecule has 1 heterocycles. The molecule has 5 nitrogen and oxygen atoms in total. The van der Waals surface area contributed by atoms with E-state index in [1.54, 1.807) is 23.1 Å². The maximum atomic E-state index is 12.3. The van der Waals surface area contributed by atoms with E-state index < -0.39 is 0 Å². The number of aryl methyl sites for hydroxylation is 1. The van der Waals surface area contributed by atoms with Gasteiger partial charge in [0, 0.05) is 18.7 Å². The van der Waals surface area contributed by atoms with Crippen LogP contribution < -0.4 is 10.1 Å². The fourth-order valence-electron chi connectivity index (χ4n) is 3.03. The van der Waals surface area contributed by atoms with Crippen LogP contribution in [0.3, 0.4) is 0 Å². The van der Waals surface area contributed by atoms with Gasteiger partial charge in [-0.2, -0.15) is 0 Å². The van der Waals surface area contributed by atoms with Gasteiger partial charge in [-0.25, -0.2) is 0 Å². The quantitative estimate of drug-likeness (QED) is 0.870. The van der Waals surface area contributed by atoms with E-state index in [0.717, 1.165) is 31.5 Å². The van der Waals surface area contributed by atoms with Gasteiger partial charge in [-0.1, -0.05) is 35.9 Å². The van der Waals surface area contributed by atoms with E-state index in [1.807, 2.05) is 31.2 Å². The molecule has 5 heteroatoms. The zero-order valence-electron chi connectivity index (χ0n) is 15.0. The second-order valence-electron chi connectivity index (χ2n) is 6.58. The van der Waals surface area contributed by atoms with Gasteiger partial charge in [0.25, 0.3) is 5.91 Å². The minimum atomic E-state index is -0.265. The standard InChI is InChI=1S/C21H24N2O3/c1-16-6-4-7-17(12-16)15-26-19-9-5-8-18(13-19)21(25)22-14-20(24)23-10-2-3-11-23/h4-9,12-13H,2-3,10-11,14-15H2,1H3,(H,22,25). The Morgan fingerprint density at radius 1 is 1.08 bits per heavy atom. The van der Waals surface area contributed by atoms with E-state index >= 15 is 0 Å². The van der Waals surface area contributed by atoms with Crippen LogP contribution in [-0.4, -0.2) is 36.3 Å². The number of amides is 2. The molecular weight excluding hydrogens is 328 g/mol. The van der Waals surface area contributed by atoms with Gasteiger partial charge in [0.15, 0.2) is 0 Å². The molecule has 1 aliphatic rings. The van der Waals surface area contributed by atoms with E-state index in [9.17, 15) is 9.59 Å². The largest absolute Gasteiger partial charge is 0.489 e. The highest BCUT2D eigenvalue weighted by Crippen LogP contribution is 2.16. The number of likely N-dealkylation sites (tertiary alicyclic amines) is 1. The van der Waals surface area contributed by atoms with Crippen molar-refractivity contribution in [3.8, 4) is 5.75 Å². The smallest absolute Gasteiger partial charge is 0.251 e. The van der Waals surface area contributed by atoms with Crippen molar-refractivity contribution in [2.45, 2.75) is 26.4 Å². The van der Waals surface area contributed by atoms with Gasteiger partial charge in [-0.15, -0.1) is 0 Å². The molecule has 0 atom stereocenters. The minimum Gasteiger partial charge on any atom is -0.489 e. The summed E-state index contributed by atoms with van der Waals surface area (Å²) >= 11 is 0. The Bertz CT molecular complexity index is 782. The molecule has 1 N–H and O–H groups in total. The van der Waals surface area contributed by atoms with E-state index in [0.29, 0.717) is 17.9 Å². The first-order valence-corrected chi connectivity index (χ1v) is 8.96. The van der Waals surface area contributed by atoms with Crippen LogP contribution in [0.1, 0.15) is 34.3 Å². The van der Waals surface area contributed by atoms with Crippen LogP contribution in [0.15, 0.2) is 48.5 Å². The molecule has 136 valence electrons. The number of hydrogen-bond acceptors (Lipinski definition) is 3. The Kier molecular flexibility index (Phi) is 5.89. The highest BCUT2D eigenvalue weighted by molar-refractivity contribution is 5.96. The Labute approximate surface area is 154 Å². The normalized spacial score (nSPS) is 13.5. The van der Waals surface area contributed by atoms with Gasteiger partial charge >= 0.3 is 0 Å². The summed E-state index contributed by atoms with van der Waals surface area (Å²) in [5.41, 5.74) is 2.75. The van der Waals surface area contributed by atoms with Crippen molar-refractivity contribution in [2.24, 2.45) is 0 Å². The first-order valence-electron chi connectivity index (χ1n) is 8.96. The molecule has 2 aromatic rings. The summed E-state index contributed by atoms with van der Waals surface area (Å²) in [6.07, 6.45) is 2.08.